The summed E-state index contributed by atoms with van der Waals surface area (Å²) in [6.45, 7) is 7.19. The molecule has 7 heteroatoms. The molecule has 5 nitrogen and oxygen atoms in total. The molecule has 0 fully saturated rings. The summed E-state index contributed by atoms with van der Waals surface area (Å²) >= 11 is 3.81. The number of carboxylic acids is 1. The summed E-state index contributed by atoms with van der Waals surface area (Å²) in [5, 5.41) is 8.89. The number of aliphatic carboxylic acids is 1. The lowest BCUT2D eigenvalue weighted by Crippen LogP contribution is -2.55. The van der Waals surface area contributed by atoms with Crippen molar-refractivity contribution in [3.8, 4) is 0 Å². The number of likely N-dealkylation sites (N-methyl/N-ethyl adjacent to an activating group) is 1. The van der Waals surface area contributed by atoms with Gasteiger partial charge in [0.1, 0.15) is 5.54 Å². The van der Waals surface area contributed by atoms with E-state index in [0.29, 0.717) is 4.90 Å². The zero-order valence-corrected chi connectivity index (χ0v) is 11.2. The summed E-state index contributed by atoms with van der Waals surface area (Å²) < 4.78 is 13.2. The van der Waals surface area contributed by atoms with Crippen LogP contribution in [0.5, 0.6) is 0 Å². The molecule has 1 N–H and O–H groups in total. The van der Waals surface area contributed by atoms with E-state index in [0.717, 1.165) is 11.8 Å². The first-order valence-corrected chi connectivity index (χ1v) is 5.30. The first-order chi connectivity index (χ1) is 7.53. The van der Waals surface area contributed by atoms with Gasteiger partial charge in [0.15, 0.2) is 6.30 Å². The van der Waals surface area contributed by atoms with Crippen LogP contribution in [0.25, 0.3) is 0 Å². The van der Waals surface area contributed by atoms with Crippen molar-refractivity contribution in [3.63, 3.8) is 0 Å². The van der Waals surface area contributed by atoms with Gasteiger partial charge in [0.2, 0.25) is 0 Å². The fraction of sp³-hybridized carbons (Fsp3) is 0.600. The number of carbonyl (C=O) groups excluding carboxylic acids is 1. The summed E-state index contributed by atoms with van der Waals surface area (Å²) in [6, 6.07) is -0.813. The molecule has 2 amide bonds. The quantitative estimate of drug-likeness (QED) is 0.602. The molecule has 98 valence electrons. The average molecular weight is 264 g/mol. The van der Waals surface area contributed by atoms with Gasteiger partial charge in [-0.15, -0.1) is 12.6 Å². The number of urea groups is 1. The van der Waals surface area contributed by atoms with Gasteiger partial charge in [-0.25, -0.2) is 14.0 Å². The lowest BCUT2D eigenvalue weighted by Gasteiger charge is -2.36. The van der Waals surface area contributed by atoms with E-state index in [4.69, 9.17) is 5.11 Å². The summed E-state index contributed by atoms with van der Waals surface area (Å²) in [7, 11) is 1.28. The molecule has 0 rings (SSSR count). The molecule has 1 unspecified atom stereocenters. The molecule has 0 saturated heterocycles. The zero-order chi connectivity index (χ0) is 14.0. The third-order valence-electron chi connectivity index (χ3n) is 2.49. The largest absolute Gasteiger partial charge is 0.480 e. The van der Waals surface area contributed by atoms with Crippen LogP contribution in [-0.4, -0.2) is 45.8 Å². The lowest BCUT2D eigenvalue weighted by atomic mass is 10.0. The normalized spacial score (nSPS) is 12.8. The second kappa shape index (κ2) is 5.39. The molecule has 0 aromatic heterocycles. The minimum atomic E-state index is -1.64. The number of halogens is 1. The Morgan fingerprint density at radius 1 is 1.47 bits per heavy atom. The maximum Gasteiger partial charge on any atom is 0.329 e. The highest BCUT2D eigenvalue weighted by Crippen LogP contribution is 2.20. The maximum atomic E-state index is 13.2. The minimum Gasteiger partial charge on any atom is -0.480 e. The van der Waals surface area contributed by atoms with E-state index < -0.39 is 23.8 Å². The number of amides is 2. The van der Waals surface area contributed by atoms with Crippen LogP contribution in [-0.2, 0) is 4.79 Å². The van der Waals surface area contributed by atoms with Gasteiger partial charge in [-0.2, -0.15) is 0 Å². The third-order valence-corrected chi connectivity index (χ3v) is 2.70. The van der Waals surface area contributed by atoms with Crippen molar-refractivity contribution in [2.75, 3.05) is 7.05 Å². The molecule has 0 saturated carbocycles. The van der Waals surface area contributed by atoms with Crippen molar-refractivity contribution in [2.45, 2.75) is 32.6 Å². The second-order valence-electron chi connectivity index (χ2n) is 4.07. The van der Waals surface area contributed by atoms with Gasteiger partial charge in [-0.1, -0.05) is 6.58 Å². The first-order valence-electron chi connectivity index (χ1n) is 4.85. The van der Waals surface area contributed by atoms with Crippen LogP contribution >= 0.6 is 12.6 Å². The number of carbonyl (C=O) groups is 2. The summed E-state index contributed by atoms with van der Waals surface area (Å²) in [6.07, 6.45) is -1.64. The Morgan fingerprint density at radius 3 is 2.12 bits per heavy atom. The number of alkyl halides is 1. The van der Waals surface area contributed by atoms with E-state index in [2.05, 4.69) is 19.2 Å². The molecule has 0 heterocycles. The molecule has 0 aliphatic heterocycles. The topological polar surface area (TPSA) is 60.9 Å². The second-order valence-corrected chi connectivity index (χ2v) is 4.58. The standard InChI is InChI=1S/C10H17FN2O3S/c1-6(11)13(7(2)17)9(16)12(5)10(3,4)8(14)15/h6,17H,2H2,1,3-5H3,(H,14,15). The van der Waals surface area contributed by atoms with E-state index in [9.17, 15) is 14.0 Å². The molecule has 0 radical (unpaired) electrons. The summed E-state index contributed by atoms with van der Waals surface area (Å²) in [5.41, 5.74) is -1.45. The van der Waals surface area contributed by atoms with Crippen molar-refractivity contribution >= 4 is 24.6 Å². The molecule has 1 atom stereocenters. The number of nitrogens with zero attached hydrogens (tertiary/aromatic N) is 2. The smallest absolute Gasteiger partial charge is 0.329 e. The van der Waals surface area contributed by atoms with E-state index in [1.54, 1.807) is 0 Å². The summed E-state index contributed by atoms with van der Waals surface area (Å²) in [5.74, 6) is -1.19. The summed E-state index contributed by atoms with van der Waals surface area (Å²) in [4.78, 5) is 24.5. The van der Waals surface area contributed by atoms with Crippen LogP contribution in [0, 0.1) is 0 Å². The van der Waals surface area contributed by atoms with Crippen molar-refractivity contribution < 1.29 is 19.1 Å². The number of thiol groups is 1. The highest BCUT2D eigenvalue weighted by atomic mass is 32.1. The van der Waals surface area contributed by atoms with E-state index >= 15 is 0 Å². The van der Waals surface area contributed by atoms with Gasteiger partial charge in [-0.3, -0.25) is 4.90 Å². The van der Waals surface area contributed by atoms with Crippen LogP contribution in [0.4, 0.5) is 9.18 Å². The Kier molecular flexibility index (Phi) is 5.00. The zero-order valence-electron chi connectivity index (χ0n) is 10.3. The van der Waals surface area contributed by atoms with Crippen LogP contribution < -0.4 is 0 Å². The molecule has 0 spiro atoms. The molecule has 0 aliphatic carbocycles. The molecule has 0 bridgehead atoms. The van der Waals surface area contributed by atoms with Gasteiger partial charge in [0.05, 0.1) is 5.03 Å². The van der Waals surface area contributed by atoms with Crippen molar-refractivity contribution in [2.24, 2.45) is 0 Å². The number of hydrogen-bond acceptors (Lipinski definition) is 3. The third kappa shape index (κ3) is 3.36. The predicted octanol–water partition coefficient (Wildman–Crippen LogP) is 1.92. The van der Waals surface area contributed by atoms with Gasteiger partial charge in [0.25, 0.3) is 0 Å². The monoisotopic (exact) mass is 264 g/mol. The molecule has 0 aromatic carbocycles. The Morgan fingerprint density at radius 2 is 1.88 bits per heavy atom. The number of hydrogen-bond donors (Lipinski definition) is 2. The van der Waals surface area contributed by atoms with E-state index in [-0.39, 0.29) is 5.03 Å². The first kappa shape index (κ1) is 15.8. The highest BCUT2D eigenvalue weighted by Gasteiger charge is 2.38. The van der Waals surface area contributed by atoms with Crippen molar-refractivity contribution in [3.05, 3.63) is 11.6 Å². The Balaban J connectivity index is 5.16. The van der Waals surface area contributed by atoms with Gasteiger partial charge >= 0.3 is 12.0 Å². The lowest BCUT2D eigenvalue weighted by molar-refractivity contribution is -0.147. The Labute approximate surface area is 105 Å². The molecular weight excluding hydrogens is 247 g/mol. The highest BCUT2D eigenvalue weighted by molar-refractivity contribution is 7.84. The van der Waals surface area contributed by atoms with E-state index in [1.807, 2.05) is 0 Å². The molecule has 17 heavy (non-hydrogen) atoms. The van der Waals surface area contributed by atoms with Crippen molar-refractivity contribution in [1.82, 2.24) is 9.80 Å². The van der Waals surface area contributed by atoms with Gasteiger partial charge in [0, 0.05) is 7.05 Å². The van der Waals surface area contributed by atoms with Crippen molar-refractivity contribution in [1.29, 1.82) is 0 Å². The Bertz CT molecular complexity index is 344. The predicted molar refractivity (Wildman–Crippen MR) is 65.4 cm³/mol. The molecule has 0 aliphatic rings. The fourth-order valence-corrected chi connectivity index (χ4v) is 1.26. The number of rotatable bonds is 4. The van der Waals surface area contributed by atoms with Crippen LogP contribution in [0.1, 0.15) is 20.8 Å². The molecule has 0 aromatic rings. The van der Waals surface area contributed by atoms with Gasteiger partial charge in [-0.05, 0) is 20.8 Å². The average Bonchev–Trinajstić information content (AvgIpc) is 2.14. The van der Waals surface area contributed by atoms with Crippen LogP contribution in [0.3, 0.4) is 0 Å². The van der Waals surface area contributed by atoms with Crippen LogP contribution in [0.2, 0.25) is 0 Å². The number of carboxylic acid groups (broad SMARTS) is 1. The minimum absolute atomic E-state index is 0.0851. The van der Waals surface area contributed by atoms with Gasteiger partial charge < -0.3 is 10.0 Å². The SMILES string of the molecule is C=C(S)N(C(=O)N(C)C(C)(C)C(=O)O)C(C)F. The Hall–Kier alpha value is -1.24. The molecular formula is C10H17FN2O3S. The maximum absolute atomic E-state index is 13.2. The van der Waals surface area contributed by atoms with E-state index in [1.165, 1.54) is 20.9 Å². The van der Waals surface area contributed by atoms with Crippen LogP contribution in [0.15, 0.2) is 11.6 Å². The fourth-order valence-electron chi connectivity index (χ4n) is 1.01.